The van der Waals surface area contributed by atoms with Gasteiger partial charge in [-0.3, -0.25) is 10.1 Å². The summed E-state index contributed by atoms with van der Waals surface area (Å²) in [6.07, 6.45) is 6.15. The van der Waals surface area contributed by atoms with E-state index in [0.717, 1.165) is 32.4 Å². The number of rotatable bonds is 7. The second kappa shape index (κ2) is 7.41. The highest BCUT2D eigenvalue weighted by molar-refractivity contribution is 5.84. The lowest BCUT2D eigenvalue weighted by Crippen LogP contribution is -2.40. The van der Waals surface area contributed by atoms with Gasteiger partial charge in [-0.1, -0.05) is 26.7 Å². The number of hydrogen-bond donors (Lipinski definition) is 1. The van der Waals surface area contributed by atoms with Gasteiger partial charge in [-0.05, 0) is 45.2 Å². The molecule has 2 aliphatic heterocycles. The molecule has 2 heterocycles. The summed E-state index contributed by atoms with van der Waals surface area (Å²) >= 11 is 0. The molecule has 2 rings (SSSR count). The van der Waals surface area contributed by atoms with Crippen LogP contribution in [0.25, 0.3) is 0 Å². The van der Waals surface area contributed by atoms with E-state index in [1.807, 2.05) is 0 Å². The normalized spacial score (nSPS) is 29.4. The van der Waals surface area contributed by atoms with Crippen molar-refractivity contribution in [3.8, 4) is 0 Å². The van der Waals surface area contributed by atoms with Crippen molar-refractivity contribution in [2.24, 2.45) is 5.92 Å². The van der Waals surface area contributed by atoms with Crippen LogP contribution in [0.4, 0.5) is 0 Å². The van der Waals surface area contributed by atoms with Gasteiger partial charge in [0, 0.05) is 13.1 Å². The molecular formula is C16H31N3O. The number of hydrogen-bond acceptors (Lipinski definition) is 3. The highest BCUT2D eigenvalue weighted by atomic mass is 16.2. The lowest BCUT2D eigenvalue weighted by atomic mass is 10.1. The third-order valence-electron chi connectivity index (χ3n) is 4.61. The third kappa shape index (κ3) is 3.95. The van der Waals surface area contributed by atoms with Gasteiger partial charge in [-0.25, -0.2) is 0 Å². The first-order chi connectivity index (χ1) is 9.61. The van der Waals surface area contributed by atoms with Crippen molar-refractivity contribution in [2.75, 3.05) is 26.2 Å². The fourth-order valence-electron chi connectivity index (χ4n) is 3.51. The summed E-state index contributed by atoms with van der Waals surface area (Å²) in [5, 5.41) is 3.45. The van der Waals surface area contributed by atoms with Crippen molar-refractivity contribution in [1.82, 2.24) is 15.1 Å². The molecule has 1 N–H and O–H groups in total. The van der Waals surface area contributed by atoms with Gasteiger partial charge in [-0.15, -0.1) is 0 Å². The maximum absolute atomic E-state index is 12.4. The van der Waals surface area contributed by atoms with Crippen LogP contribution in [0.2, 0.25) is 0 Å². The molecule has 20 heavy (non-hydrogen) atoms. The van der Waals surface area contributed by atoms with Gasteiger partial charge in [-0.2, -0.15) is 0 Å². The lowest BCUT2D eigenvalue weighted by molar-refractivity contribution is -0.130. The molecule has 3 atom stereocenters. The Hall–Kier alpha value is -0.610. The van der Waals surface area contributed by atoms with Gasteiger partial charge < -0.3 is 9.80 Å². The highest BCUT2D eigenvalue weighted by Crippen LogP contribution is 2.18. The van der Waals surface area contributed by atoms with E-state index < -0.39 is 0 Å². The van der Waals surface area contributed by atoms with Crippen LogP contribution in [0.3, 0.4) is 0 Å². The molecule has 4 heteroatoms. The number of nitrogens with one attached hydrogen (secondary N) is 1. The number of likely N-dealkylation sites (tertiary alicyclic amines) is 1. The molecular weight excluding hydrogens is 250 g/mol. The summed E-state index contributed by atoms with van der Waals surface area (Å²) in [5.41, 5.74) is 0. The Labute approximate surface area is 123 Å². The zero-order valence-corrected chi connectivity index (χ0v) is 13.4. The minimum atomic E-state index is 0.0592. The van der Waals surface area contributed by atoms with Crippen LogP contribution < -0.4 is 5.32 Å². The summed E-state index contributed by atoms with van der Waals surface area (Å²) in [5.74, 6) is 0.880. The van der Waals surface area contributed by atoms with Crippen LogP contribution in [0.1, 0.15) is 52.9 Å². The Kier molecular flexibility index (Phi) is 5.85. The molecule has 0 aliphatic carbocycles. The lowest BCUT2D eigenvalue weighted by Gasteiger charge is -2.27. The average molecular weight is 281 g/mol. The number of nitrogens with zero attached hydrogens (tertiary/aromatic N) is 2. The summed E-state index contributed by atoms with van der Waals surface area (Å²) in [7, 11) is 0. The number of carbonyl (C=O) groups excluding carboxylic acids is 1. The second-order valence-electron chi connectivity index (χ2n) is 6.64. The maximum Gasteiger partial charge on any atom is 0.241 e. The van der Waals surface area contributed by atoms with Crippen LogP contribution in [0, 0.1) is 5.92 Å². The Bertz CT molecular complexity index is 315. The first kappa shape index (κ1) is 15.8. The fraction of sp³-hybridized carbons (Fsp3) is 0.938. The van der Waals surface area contributed by atoms with Crippen LogP contribution in [0.15, 0.2) is 0 Å². The molecule has 0 aromatic carbocycles. The number of unbranched alkanes of at least 4 members (excludes halogenated alkanes) is 1. The Balaban J connectivity index is 1.80. The van der Waals surface area contributed by atoms with Crippen LogP contribution in [-0.4, -0.2) is 54.1 Å². The minimum Gasteiger partial charge on any atom is -0.326 e. The number of amides is 1. The maximum atomic E-state index is 12.4. The molecule has 0 aromatic heterocycles. The fourth-order valence-corrected chi connectivity index (χ4v) is 3.51. The molecule has 0 radical (unpaired) electrons. The quantitative estimate of drug-likeness (QED) is 0.776. The van der Waals surface area contributed by atoms with E-state index in [1.165, 1.54) is 25.9 Å². The molecule has 2 aliphatic rings. The summed E-state index contributed by atoms with van der Waals surface area (Å²) in [4.78, 5) is 17.0. The van der Waals surface area contributed by atoms with Gasteiger partial charge >= 0.3 is 0 Å². The summed E-state index contributed by atoms with van der Waals surface area (Å²) < 4.78 is 0. The SMILES string of the molecule is CCCCC1NC(C)N(CC(C)CN2CCCC2)C1=O. The van der Waals surface area contributed by atoms with E-state index in [1.54, 1.807) is 0 Å². The Morgan fingerprint density at radius 2 is 2.00 bits per heavy atom. The van der Waals surface area contributed by atoms with Gasteiger partial charge in [0.15, 0.2) is 0 Å². The summed E-state index contributed by atoms with van der Waals surface area (Å²) in [6.45, 7) is 11.1. The molecule has 116 valence electrons. The van der Waals surface area contributed by atoms with E-state index in [4.69, 9.17) is 0 Å². The largest absolute Gasteiger partial charge is 0.326 e. The van der Waals surface area contributed by atoms with E-state index >= 15 is 0 Å². The van der Waals surface area contributed by atoms with Crippen LogP contribution >= 0.6 is 0 Å². The topological polar surface area (TPSA) is 35.6 Å². The molecule has 0 bridgehead atoms. The van der Waals surface area contributed by atoms with Gasteiger partial charge in [0.05, 0.1) is 12.2 Å². The standard InChI is InChI=1S/C16H31N3O/c1-4-5-8-15-16(20)19(14(3)17-15)12-13(2)11-18-9-6-7-10-18/h13-15,17H,4-12H2,1-3H3. The van der Waals surface area contributed by atoms with Crippen molar-refractivity contribution >= 4 is 5.91 Å². The molecule has 0 spiro atoms. The molecule has 4 nitrogen and oxygen atoms in total. The van der Waals surface area contributed by atoms with E-state index in [2.05, 4.69) is 35.9 Å². The van der Waals surface area contributed by atoms with Crippen molar-refractivity contribution in [1.29, 1.82) is 0 Å². The van der Waals surface area contributed by atoms with E-state index in [-0.39, 0.29) is 12.2 Å². The first-order valence-electron chi connectivity index (χ1n) is 8.40. The minimum absolute atomic E-state index is 0.0592. The van der Waals surface area contributed by atoms with Crippen molar-refractivity contribution in [2.45, 2.75) is 65.1 Å². The monoisotopic (exact) mass is 281 g/mol. The molecule has 2 fully saturated rings. The molecule has 2 saturated heterocycles. The smallest absolute Gasteiger partial charge is 0.241 e. The molecule has 3 unspecified atom stereocenters. The van der Waals surface area contributed by atoms with Crippen molar-refractivity contribution in [3.63, 3.8) is 0 Å². The Morgan fingerprint density at radius 3 is 2.65 bits per heavy atom. The molecule has 0 aromatic rings. The van der Waals surface area contributed by atoms with E-state index in [0.29, 0.717) is 11.8 Å². The van der Waals surface area contributed by atoms with Gasteiger partial charge in [0.2, 0.25) is 5.91 Å². The second-order valence-corrected chi connectivity index (χ2v) is 6.64. The highest BCUT2D eigenvalue weighted by Gasteiger charge is 2.36. The predicted octanol–water partition coefficient (Wildman–Crippen LogP) is 2.05. The first-order valence-corrected chi connectivity index (χ1v) is 8.40. The summed E-state index contributed by atoms with van der Waals surface area (Å²) in [6, 6.07) is 0.0592. The molecule has 0 saturated carbocycles. The van der Waals surface area contributed by atoms with Crippen molar-refractivity contribution < 1.29 is 4.79 Å². The zero-order valence-electron chi connectivity index (χ0n) is 13.4. The number of carbonyl (C=O) groups is 1. The Morgan fingerprint density at radius 1 is 1.30 bits per heavy atom. The predicted molar refractivity (Wildman–Crippen MR) is 82.5 cm³/mol. The van der Waals surface area contributed by atoms with Crippen molar-refractivity contribution in [3.05, 3.63) is 0 Å². The zero-order chi connectivity index (χ0) is 14.5. The molecule has 1 amide bonds. The van der Waals surface area contributed by atoms with E-state index in [9.17, 15) is 4.79 Å². The average Bonchev–Trinajstić information content (AvgIpc) is 3.00. The third-order valence-corrected chi connectivity index (χ3v) is 4.61. The van der Waals surface area contributed by atoms with Crippen LogP contribution in [0.5, 0.6) is 0 Å². The van der Waals surface area contributed by atoms with Gasteiger partial charge in [0.1, 0.15) is 0 Å². The van der Waals surface area contributed by atoms with Crippen LogP contribution in [-0.2, 0) is 4.79 Å². The van der Waals surface area contributed by atoms with Gasteiger partial charge in [0.25, 0.3) is 0 Å².